The fourth-order valence-corrected chi connectivity index (χ4v) is 2.27. The van der Waals surface area contributed by atoms with Crippen molar-refractivity contribution >= 4 is 40.9 Å². The van der Waals surface area contributed by atoms with Gasteiger partial charge in [0.05, 0.1) is 35.0 Å². The largest absolute Gasteiger partial charge is 0.490 e. The zero-order chi connectivity index (χ0) is 18.2. The molecule has 0 aromatic heterocycles. The van der Waals surface area contributed by atoms with E-state index in [0.717, 1.165) is 0 Å². The third kappa shape index (κ3) is 5.55. The molecular formula is C17H16Cl2N2O4. The molecule has 132 valence electrons. The molecule has 6 nitrogen and oxygen atoms in total. The van der Waals surface area contributed by atoms with Gasteiger partial charge in [-0.25, -0.2) is 9.59 Å². The molecule has 0 spiro atoms. The first-order valence-electron chi connectivity index (χ1n) is 7.31. The maximum Gasteiger partial charge on any atom is 0.337 e. The third-order valence-corrected chi connectivity index (χ3v) is 3.76. The molecule has 0 fully saturated rings. The van der Waals surface area contributed by atoms with E-state index < -0.39 is 12.0 Å². The summed E-state index contributed by atoms with van der Waals surface area (Å²) in [6.07, 6.45) is 0. The van der Waals surface area contributed by atoms with E-state index >= 15 is 0 Å². The summed E-state index contributed by atoms with van der Waals surface area (Å²) in [5, 5.41) is 5.99. The number of ether oxygens (including phenoxy) is 2. The molecule has 0 aliphatic rings. The number of carbonyl (C=O) groups excluding carboxylic acids is 2. The summed E-state index contributed by atoms with van der Waals surface area (Å²) in [5.74, 6) is 0.0217. The average molecular weight is 383 g/mol. The second-order valence-electron chi connectivity index (χ2n) is 4.85. The highest BCUT2D eigenvalue weighted by Crippen LogP contribution is 2.24. The lowest BCUT2D eigenvalue weighted by atomic mass is 10.2. The van der Waals surface area contributed by atoms with E-state index in [1.165, 1.54) is 25.3 Å². The third-order valence-electron chi connectivity index (χ3n) is 3.12. The van der Waals surface area contributed by atoms with Gasteiger partial charge in [-0.2, -0.15) is 0 Å². The van der Waals surface area contributed by atoms with Gasteiger partial charge in [-0.3, -0.25) is 0 Å². The van der Waals surface area contributed by atoms with Gasteiger partial charge in [-0.1, -0.05) is 35.3 Å². The van der Waals surface area contributed by atoms with E-state index in [1.807, 2.05) is 0 Å². The number of para-hydroxylation sites is 1. The first-order valence-corrected chi connectivity index (χ1v) is 8.07. The number of hydrogen-bond acceptors (Lipinski definition) is 4. The van der Waals surface area contributed by atoms with Crippen LogP contribution in [0.3, 0.4) is 0 Å². The second kappa shape index (κ2) is 9.15. The van der Waals surface area contributed by atoms with Crippen LogP contribution < -0.4 is 15.4 Å². The molecular weight excluding hydrogens is 367 g/mol. The van der Waals surface area contributed by atoms with Gasteiger partial charge in [-0.05, 0) is 30.3 Å². The summed E-state index contributed by atoms with van der Waals surface area (Å²) in [6.45, 7) is 0.498. The molecule has 0 unspecified atom stereocenters. The molecule has 2 rings (SSSR count). The zero-order valence-corrected chi connectivity index (χ0v) is 14.9. The van der Waals surface area contributed by atoms with Crippen molar-refractivity contribution < 1.29 is 19.1 Å². The summed E-state index contributed by atoms with van der Waals surface area (Å²) in [6, 6.07) is 11.0. The molecule has 0 saturated carbocycles. The van der Waals surface area contributed by atoms with Crippen LogP contribution >= 0.6 is 23.2 Å². The summed E-state index contributed by atoms with van der Waals surface area (Å²) in [4.78, 5) is 23.4. The molecule has 0 saturated heterocycles. The van der Waals surface area contributed by atoms with Gasteiger partial charge in [0.2, 0.25) is 0 Å². The number of esters is 1. The highest BCUT2D eigenvalue weighted by atomic mass is 35.5. The Labute approximate surface area is 155 Å². The maximum absolute atomic E-state index is 11.9. The second-order valence-corrected chi connectivity index (χ2v) is 5.66. The van der Waals surface area contributed by atoms with E-state index in [9.17, 15) is 9.59 Å². The maximum atomic E-state index is 11.9. The number of nitrogens with one attached hydrogen (secondary N) is 2. The first-order chi connectivity index (χ1) is 12.0. The molecule has 2 aromatic carbocycles. The summed E-state index contributed by atoms with van der Waals surface area (Å²) in [5.41, 5.74) is 0.582. The average Bonchev–Trinajstić information content (AvgIpc) is 2.61. The van der Waals surface area contributed by atoms with Crippen molar-refractivity contribution in [1.82, 2.24) is 5.32 Å². The number of carbonyl (C=O) groups is 2. The number of amides is 2. The number of halogens is 2. The predicted molar refractivity (Wildman–Crippen MR) is 96.8 cm³/mol. The van der Waals surface area contributed by atoms with Crippen molar-refractivity contribution in [2.75, 3.05) is 25.6 Å². The SMILES string of the molecule is COC(=O)c1ccc(Cl)c(NC(=O)NCCOc2ccccc2Cl)c1. The normalized spacial score (nSPS) is 10.0. The number of benzene rings is 2. The van der Waals surface area contributed by atoms with Gasteiger partial charge in [0.15, 0.2) is 0 Å². The van der Waals surface area contributed by atoms with Gasteiger partial charge < -0.3 is 20.1 Å². The Morgan fingerprint density at radius 3 is 2.56 bits per heavy atom. The van der Waals surface area contributed by atoms with E-state index in [0.29, 0.717) is 21.5 Å². The molecule has 0 radical (unpaired) electrons. The Balaban J connectivity index is 1.84. The zero-order valence-electron chi connectivity index (χ0n) is 13.3. The Morgan fingerprint density at radius 1 is 1.08 bits per heavy atom. The van der Waals surface area contributed by atoms with Crippen molar-refractivity contribution in [3.05, 3.63) is 58.1 Å². The van der Waals surface area contributed by atoms with Gasteiger partial charge in [-0.15, -0.1) is 0 Å². The molecule has 0 bridgehead atoms. The number of methoxy groups -OCH3 is 1. The molecule has 2 aromatic rings. The molecule has 25 heavy (non-hydrogen) atoms. The van der Waals surface area contributed by atoms with Gasteiger partial charge in [0.25, 0.3) is 0 Å². The van der Waals surface area contributed by atoms with Crippen LogP contribution in [-0.4, -0.2) is 32.3 Å². The predicted octanol–water partition coefficient (Wildman–Crippen LogP) is 3.98. The first kappa shape index (κ1) is 18.9. The molecule has 0 atom stereocenters. The quantitative estimate of drug-likeness (QED) is 0.585. The van der Waals surface area contributed by atoms with E-state index in [4.69, 9.17) is 27.9 Å². The van der Waals surface area contributed by atoms with Gasteiger partial charge in [0, 0.05) is 0 Å². The smallest absolute Gasteiger partial charge is 0.337 e. The van der Waals surface area contributed by atoms with Crippen molar-refractivity contribution in [3.63, 3.8) is 0 Å². The van der Waals surface area contributed by atoms with Crippen molar-refractivity contribution in [2.24, 2.45) is 0 Å². The fourth-order valence-electron chi connectivity index (χ4n) is 1.92. The van der Waals surface area contributed by atoms with Crippen LogP contribution in [0.25, 0.3) is 0 Å². The summed E-state index contributed by atoms with van der Waals surface area (Å²) in [7, 11) is 1.27. The van der Waals surface area contributed by atoms with Crippen LogP contribution in [-0.2, 0) is 4.74 Å². The van der Waals surface area contributed by atoms with E-state index in [2.05, 4.69) is 15.4 Å². The van der Waals surface area contributed by atoms with Crippen LogP contribution in [0.1, 0.15) is 10.4 Å². The molecule has 2 amide bonds. The van der Waals surface area contributed by atoms with Crippen LogP contribution in [0.5, 0.6) is 5.75 Å². The van der Waals surface area contributed by atoms with E-state index in [-0.39, 0.29) is 18.7 Å². The lowest BCUT2D eigenvalue weighted by molar-refractivity contribution is 0.0600. The van der Waals surface area contributed by atoms with Gasteiger partial charge >= 0.3 is 12.0 Å². The van der Waals surface area contributed by atoms with Crippen molar-refractivity contribution in [3.8, 4) is 5.75 Å². The Morgan fingerprint density at radius 2 is 1.84 bits per heavy atom. The Kier molecular flexibility index (Phi) is 6.91. The summed E-state index contributed by atoms with van der Waals surface area (Å²) >= 11 is 12.0. The Hall–Kier alpha value is -2.44. The minimum atomic E-state index is -0.520. The molecule has 8 heteroatoms. The highest BCUT2D eigenvalue weighted by Gasteiger charge is 2.11. The number of hydrogen-bond donors (Lipinski definition) is 2. The minimum Gasteiger partial charge on any atom is -0.490 e. The van der Waals surface area contributed by atoms with Crippen LogP contribution in [0.2, 0.25) is 10.0 Å². The van der Waals surface area contributed by atoms with Gasteiger partial charge in [0.1, 0.15) is 12.4 Å². The Bertz CT molecular complexity index is 768. The monoisotopic (exact) mass is 382 g/mol. The number of anilines is 1. The van der Waals surface area contributed by atoms with Crippen molar-refractivity contribution in [1.29, 1.82) is 0 Å². The highest BCUT2D eigenvalue weighted by molar-refractivity contribution is 6.33. The lowest BCUT2D eigenvalue weighted by Crippen LogP contribution is -2.32. The van der Waals surface area contributed by atoms with Crippen LogP contribution in [0.4, 0.5) is 10.5 Å². The molecule has 2 N–H and O–H groups in total. The van der Waals surface area contributed by atoms with Crippen LogP contribution in [0.15, 0.2) is 42.5 Å². The number of urea groups is 1. The van der Waals surface area contributed by atoms with E-state index in [1.54, 1.807) is 24.3 Å². The fraction of sp³-hybridized carbons (Fsp3) is 0.176. The molecule has 0 heterocycles. The summed E-state index contributed by atoms with van der Waals surface area (Å²) < 4.78 is 10.1. The molecule has 0 aliphatic heterocycles. The lowest BCUT2D eigenvalue weighted by Gasteiger charge is -2.11. The topological polar surface area (TPSA) is 76.7 Å². The molecule has 0 aliphatic carbocycles. The van der Waals surface area contributed by atoms with Crippen LogP contribution in [0, 0.1) is 0 Å². The standard InChI is InChI=1S/C17H16Cl2N2O4/c1-24-16(22)11-6-7-12(18)14(10-11)21-17(23)20-8-9-25-15-5-3-2-4-13(15)19/h2-7,10H,8-9H2,1H3,(H2,20,21,23). The minimum absolute atomic E-state index is 0.243. The van der Waals surface area contributed by atoms with Crippen molar-refractivity contribution in [2.45, 2.75) is 0 Å². The number of rotatable bonds is 6.